The second-order valence-electron chi connectivity index (χ2n) is 3.98. The van der Waals surface area contributed by atoms with Gasteiger partial charge in [-0.15, -0.1) is 0 Å². The average molecular weight is 248 g/mol. The highest BCUT2D eigenvalue weighted by molar-refractivity contribution is 6.31. The van der Waals surface area contributed by atoms with Crippen LogP contribution in [0.2, 0.25) is 5.02 Å². The maximum Gasteiger partial charge on any atom is 0.126 e. The van der Waals surface area contributed by atoms with Crippen molar-refractivity contribution in [1.29, 1.82) is 0 Å². The number of ether oxygens (including phenoxy) is 1. The summed E-state index contributed by atoms with van der Waals surface area (Å²) in [5.41, 5.74) is 4.05. The highest BCUT2D eigenvalue weighted by Gasteiger charge is 2.08. The van der Waals surface area contributed by atoms with E-state index in [-0.39, 0.29) is 0 Å². The van der Waals surface area contributed by atoms with E-state index in [1.165, 1.54) is 0 Å². The fourth-order valence-electron chi connectivity index (χ4n) is 1.90. The molecule has 2 aromatic rings. The lowest BCUT2D eigenvalue weighted by atomic mass is 10.0. The number of pyridine rings is 1. The first-order valence-corrected chi connectivity index (χ1v) is 5.77. The molecule has 17 heavy (non-hydrogen) atoms. The molecule has 0 saturated carbocycles. The fourth-order valence-corrected chi connectivity index (χ4v) is 2.07. The van der Waals surface area contributed by atoms with E-state index in [9.17, 15) is 0 Å². The Kier molecular flexibility index (Phi) is 3.34. The first kappa shape index (κ1) is 11.9. The average Bonchev–Trinajstić information content (AvgIpc) is 2.27. The Bertz CT molecular complexity index is 532. The van der Waals surface area contributed by atoms with Crippen LogP contribution < -0.4 is 4.74 Å². The standard InChI is InChI=1S/C14H14ClNO/c1-9-6-11(7-10(2)16-9)13-8-12(15)4-5-14(13)17-3/h4-8H,1-3H3. The second kappa shape index (κ2) is 4.76. The number of benzene rings is 1. The van der Waals surface area contributed by atoms with Crippen molar-refractivity contribution in [2.24, 2.45) is 0 Å². The van der Waals surface area contributed by atoms with Crippen LogP contribution in [0.3, 0.4) is 0 Å². The smallest absolute Gasteiger partial charge is 0.126 e. The fraction of sp³-hybridized carbons (Fsp3) is 0.214. The highest BCUT2D eigenvalue weighted by Crippen LogP contribution is 2.32. The van der Waals surface area contributed by atoms with Gasteiger partial charge in [0.15, 0.2) is 0 Å². The van der Waals surface area contributed by atoms with Gasteiger partial charge in [0.1, 0.15) is 5.75 Å². The maximum atomic E-state index is 6.03. The van der Waals surface area contributed by atoms with Crippen LogP contribution in [0.15, 0.2) is 30.3 Å². The summed E-state index contributed by atoms with van der Waals surface area (Å²) in [5.74, 6) is 0.819. The van der Waals surface area contributed by atoms with Gasteiger partial charge in [0.05, 0.1) is 7.11 Å². The second-order valence-corrected chi connectivity index (χ2v) is 4.42. The van der Waals surface area contributed by atoms with Crippen molar-refractivity contribution in [3.63, 3.8) is 0 Å². The first-order valence-electron chi connectivity index (χ1n) is 5.39. The van der Waals surface area contributed by atoms with Crippen LogP contribution in [0, 0.1) is 13.8 Å². The van der Waals surface area contributed by atoms with Crippen LogP contribution in [-0.4, -0.2) is 12.1 Å². The number of halogens is 1. The van der Waals surface area contributed by atoms with Crippen LogP contribution in [-0.2, 0) is 0 Å². The SMILES string of the molecule is COc1ccc(Cl)cc1-c1cc(C)nc(C)c1. The highest BCUT2D eigenvalue weighted by atomic mass is 35.5. The molecule has 0 saturated heterocycles. The molecular weight excluding hydrogens is 234 g/mol. The van der Waals surface area contributed by atoms with Crippen molar-refractivity contribution in [3.8, 4) is 16.9 Å². The van der Waals surface area contributed by atoms with Crippen LogP contribution in [0.1, 0.15) is 11.4 Å². The van der Waals surface area contributed by atoms with Gasteiger partial charge in [0.25, 0.3) is 0 Å². The van der Waals surface area contributed by atoms with Gasteiger partial charge in [-0.05, 0) is 49.7 Å². The van der Waals surface area contributed by atoms with Gasteiger partial charge in [0.2, 0.25) is 0 Å². The number of rotatable bonds is 2. The molecule has 2 nitrogen and oxygen atoms in total. The Hall–Kier alpha value is -1.54. The molecule has 0 fully saturated rings. The minimum absolute atomic E-state index is 0.702. The summed E-state index contributed by atoms with van der Waals surface area (Å²) in [4.78, 5) is 4.36. The van der Waals surface area contributed by atoms with Gasteiger partial charge in [-0.1, -0.05) is 11.6 Å². The van der Waals surface area contributed by atoms with Crippen LogP contribution in [0.5, 0.6) is 5.75 Å². The van der Waals surface area contributed by atoms with Crippen molar-refractivity contribution in [2.45, 2.75) is 13.8 Å². The Morgan fingerprint density at radius 2 is 1.71 bits per heavy atom. The largest absolute Gasteiger partial charge is 0.496 e. The van der Waals surface area contributed by atoms with E-state index in [1.807, 2.05) is 44.2 Å². The topological polar surface area (TPSA) is 22.1 Å². The molecule has 88 valence electrons. The lowest BCUT2D eigenvalue weighted by molar-refractivity contribution is 0.416. The van der Waals surface area contributed by atoms with Gasteiger partial charge in [-0.3, -0.25) is 4.98 Å². The molecule has 2 rings (SSSR count). The third-order valence-electron chi connectivity index (χ3n) is 2.55. The van der Waals surface area contributed by atoms with Gasteiger partial charge < -0.3 is 4.74 Å². The van der Waals surface area contributed by atoms with Crippen molar-refractivity contribution in [3.05, 3.63) is 46.7 Å². The summed E-state index contributed by atoms with van der Waals surface area (Å²) >= 11 is 6.03. The number of aryl methyl sites for hydroxylation is 2. The molecule has 3 heteroatoms. The van der Waals surface area contributed by atoms with E-state index in [2.05, 4.69) is 4.98 Å². The van der Waals surface area contributed by atoms with Gasteiger partial charge in [0, 0.05) is 22.0 Å². The molecule has 0 unspecified atom stereocenters. The Labute approximate surface area is 106 Å². The van der Waals surface area contributed by atoms with E-state index >= 15 is 0 Å². The Morgan fingerprint density at radius 1 is 1.06 bits per heavy atom. The summed E-state index contributed by atoms with van der Waals surface area (Å²) in [6.45, 7) is 3.96. The molecule has 0 amide bonds. The lowest BCUT2D eigenvalue weighted by Crippen LogP contribution is -1.91. The van der Waals surface area contributed by atoms with Crippen molar-refractivity contribution in [2.75, 3.05) is 7.11 Å². The zero-order chi connectivity index (χ0) is 12.4. The van der Waals surface area contributed by atoms with E-state index < -0.39 is 0 Å². The molecule has 0 atom stereocenters. The molecule has 0 aliphatic carbocycles. The first-order chi connectivity index (χ1) is 8.10. The quantitative estimate of drug-likeness (QED) is 0.800. The molecule has 1 aromatic carbocycles. The van der Waals surface area contributed by atoms with Gasteiger partial charge in [-0.25, -0.2) is 0 Å². The van der Waals surface area contributed by atoms with Crippen molar-refractivity contribution < 1.29 is 4.74 Å². The maximum absolute atomic E-state index is 6.03. The molecule has 0 aliphatic rings. The minimum atomic E-state index is 0.702. The number of methoxy groups -OCH3 is 1. The molecular formula is C14H14ClNO. The van der Waals surface area contributed by atoms with Crippen LogP contribution in [0.25, 0.3) is 11.1 Å². The number of hydrogen-bond donors (Lipinski definition) is 0. The monoisotopic (exact) mass is 247 g/mol. The number of hydrogen-bond acceptors (Lipinski definition) is 2. The van der Waals surface area contributed by atoms with Gasteiger partial charge >= 0.3 is 0 Å². The minimum Gasteiger partial charge on any atom is -0.496 e. The Morgan fingerprint density at radius 3 is 2.29 bits per heavy atom. The zero-order valence-electron chi connectivity index (χ0n) is 10.1. The number of nitrogens with zero attached hydrogens (tertiary/aromatic N) is 1. The zero-order valence-corrected chi connectivity index (χ0v) is 10.9. The third-order valence-corrected chi connectivity index (χ3v) is 2.79. The van der Waals surface area contributed by atoms with E-state index in [1.54, 1.807) is 7.11 Å². The van der Waals surface area contributed by atoms with Crippen LogP contribution in [0.4, 0.5) is 0 Å². The molecule has 0 radical (unpaired) electrons. The summed E-state index contributed by atoms with van der Waals surface area (Å²) < 4.78 is 5.36. The van der Waals surface area contributed by atoms with E-state index in [0.29, 0.717) is 5.02 Å². The molecule has 0 aliphatic heterocycles. The van der Waals surface area contributed by atoms with Crippen LogP contribution >= 0.6 is 11.6 Å². The van der Waals surface area contributed by atoms with Gasteiger partial charge in [-0.2, -0.15) is 0 Å². The van der Waals surface area contributed by atoms with E-state index in [0.717, 1.165) is 28.3 Å². The molecule has 0 spiro atoms. The Balaban J connectivity index is 2.62. The molecule has 0 N–H and O–H groups in total. The van der Waals surface area contributed by atoms with E-state index in [4.69, 9.17) is 16.3 Å². The summed E-state index contributed by atoms with van der Waals surface area (Å²) in [6.07, 6.45) is 0. The summed E-state index contributed by atoms with van der Waals surface area (Å²) in [6, 6.07) is 9.67. The predicted octanol–water partition coefficient (Wildman–Crippen LogP) is 4.03. The predicted molar refractivity (Wildman–Crippen MR) is 70.7 cm³/mol. The third kappa shape index (κ3) is 2.59. The number of aromatic nitrogens is 1. The lowest BCUT2D eigenvalue weighted by Gasteiger charge is -2.10. The van der Waals surface area contributed by atoms with Crippen molar-refractivity contribution >= 4 is 11.6 Å². The molecule has 1 heterocycles. The summed E-state index contributed by atoms with van der Waals surface area (Å²) in [5, 5.41) is 0.702. The summed E-state index contributed by atoms with van der Waals surface area (Å²) in [7, 11) is 1.66. The van der Waals surface area contributed by atoms with Crippen molar-refractivity contribution in [1.82, 2.24) is 4.98 Å². The normalized spacial score (nSPS) is 10.4. The molecule has 0 bridgehead atoms. The molecule has 1 aromatic heterocycles.